The lowest BCUT2D eigenvalue weighted by Crippen LogP contribution is -2.45. The molecule has 5 nitrogen and oxygen atoms in total. The van der Waals surface area contributed by atoms with Crippen LogP contribution in [0, 0.1) is 0 Å². The molecule has 0 saturated carbocycles. The molecule has 1 amide bonds. The fourth-order valence-electron chi connectivity index (χ4n) is 2.91. The van der Waals surface area contributed by atoms with Crippen LogP contribution < -0.4 is 10.1 Å². The molecule has 0 unspecified atom stereocenters. The number of allylic oxidation sites excluding steroid dienone is 1. The molecule has 0 aromatic heterocycles. The van der Waals surface area contributed by atoms with Gasteiger partial charge in [0.05, 0.1) is 7.11 Å². The van der Waals surface area contributed by atoms with E-state index in [1.54, 1.807) is 13.2 Å². The third-order valence-electron chi connectivity index (χ3n) is 4.44. The number of methoxy groups -OCH3 is 1. The topological polar surface area (TPSA) is 44.8 Å². The number of ether oxygens (including phenoxy) is 1. The number of benzene rings is 1. The summed E-state index contributed by atoms with van der Waals surface area (Å²) in [4.78, 5) is 17.1. The maximum Gasteiger partial charge on any atom is 0.251 e. The number of carbonyl (C=O) groups excluding carboxylic acids is 1. The van der Waals surface area contributed by atoms with Gasteiger partial charge in [0.25, 0.3) is 5.91 Å². The molecule has 1 fully saturated rings. The SMILES string of the molecule is C=CCc1cc(C(=O)NCCCN2CCN(C)CC2)ccc1OC. The fourth-order valence-corrected chi connectivity index (χ4v) is 2.91. The Labute approximate surface area is 145 Å². The van der Waals surface area contributed by atoms with Crippen molar-refractivity contribution in [3.63, 3.8) is 0 Å². The first kappa shape index (κ1) is 18.5. The predicted octanol–water partition coefficient (Wildman–Crippen LogP) is 1.79. The Hall–Kier alpha value is -1.85. The van der Waals surface area contributed by atoms with Crippen molar-refractivity contribution in [2.45, 2.75) is 12.8 Å². The first-order valence-corrected chi connectivity index (χ1v) is 8.61. The minimum Gasteiger partial charge on any atom is -0.496 e. The summed E-state index contributed by atoms with van der Waals surface area (Å²) < 4.78 is 5.32. The van der Waals surface area contributed by atoms with E-state index in [0.29, 0.717) is 18.5 Å². The number of amides is 1. The molecular weight excluding hydrogens is 302 g/mol. The third kappa shape index (κ3) is 5.35. The summed E-state index contributed by atoms with van der Waals surface area (Å²) >= 11 is 0. The number of nitrogens with zero attached hydrogens (tertiary/aromatic N) is 2. The van der Waals surface area contributed by atoms with Gasteiger partial charge in [0.1, 0.15) is 5.75 Å². The summed E-state index contributed by atoms with van der Waals surface area (Å²) in [5.41, 5.74) is 1.66. The Morgan fingerprint density at radius 3 is 2.75 bits per heavy atom. The zero-order chi connectivity index (χ0) is 17.4. The summed E-state index contributed by atoms with van der Waals surface area (Å²) in [6.45, 7) is 9.99. The van der Waals surface area contributed by atoms with E-state index in [9.17, 15) is 4.79 Å². The number of hydrogen-bond acceptors (Lipinski definition) is 4. The summed E-state index contributed by atoms with van der Waals surface area (Å²) in [5.74, 6) is 0.767. The van der Waals surface area contributed by atoms with Crippen molar-refractivity contribution >= 4 is 5.91 Å². The molecule has 0 atom stereocenters. The van der Waals surface area contributed by atoms with Gasteiger partial charge in [0, 0.05) is 38.3 Å². The van der Waals surface area contributed by atoms with E-state index < -0.39 is 0 Å². The molecule has 0 aliphatic carbocycles. The lowest BCUT2D eigenvalue weighted by atomic mass is 10.1. The first-order chi connectivity index (χ1) is 11.6. The molecule has 1 saturated heterocycles. The van der Waals surface area contributed by atoms with Gasteiger partial charge in [-0.2, -0.15) is 0 Å². The van der Waals surface area contributed by atoms with Crippen LogP contribution in [0.25, 0.3) is 0 Å². The monoisotopic (exact) mass is 331 g/mol. The van der Waals surface area contributed by atoms with Crippen molar-refractivity contribution in [3.8, 4) is 5.75 Å². The fraction of sp³-hybridized carbons (Fsp3) is 0.526. The molecule has 1 aliphatic heterocycles. The second-order valence-electron chi connectivity index (χ2n) is 6.27. The van der Waals surface area contributed by atoms with Gasteiger partial charge in [-0.25, -0.2) is 0 Å². The van der Waals surface area contributed by atoms with E-state index in [-0.39, 0.29) is 5.91 Å². The highest BCUT2D eigenvalue weighted by Crippen LogP contribution is 2.20. The Balaban J connectivity index is 1.77. The molecule has 24 heavy (non-hydrogen) atoms. The van der Waals surface area contributed by atoms with Crippen LogP contribution in [0.3, 0.4) is 0 Å². The Morgan fingerprint density at radius 2 is 2.08 bits per heavy atom. The molecule has 1 aromatic rings. The average Bonchev–Trinajstić information content (AvgIpc) is 2.60. The third-order valence-corrected chi connectivity index (χ3v) is 4.44. The average molecular weight is 331 g/mol. The number of rotatable bonds is 8. The van der Waals surface area contributed by atoms with Gasteiger partial charge >= 0.3 is 0 Å². The van der Waals surface area contributed by atoms with Crippen LogP contribution in [0.15, 0.2) is 30.9 Å². The molecule has 2 rings (SSSR count). The molecule has 1 N–H and O–H groups in total. The summed E-state index contributed by atoms with van der Waals surface area (Å²) in [5, 5.41) is 3.01. The van der Waals surface area contributed by atoms with E-state index in [2.05, 4.69) is 28.7 Å². The van der Waals surface area contributed by atoms with E-state index in [1.807, 2.05) is 18.2 Å². The summed E-state index contributed by atoms with van der Waals surface area (Å²) in [6.07, 6.45) is 3.48. The molecule has 132 valence electrons. The number of carbonyl (C=O) groups is 1. The van der Waals surface area contributed by atoms with Gasteiger partial charge in [-0.1, -0.05) is 6.08 Å². The van der Waals surface area contributed by atoms with Crippen LogP contribution >= 0.6 is 0 Å². The molecule has 0 radical (unpaired) electrons. The van der Waals surface area contributed by atoms with Gasteiger partial charge < -0.3 is 19.9 Å². The molecule has 1 heterocycles. The Morgan fingerprint density at radius 1 is 1.33 bits per heavy atom. The zero-order valence-corrected chi connectivity index (χ0v) is 14.9. The van der Waals surface area contributed by atoms with E-state index in [0.717, 1.165) is 50.5 Å². The Kier molecular flexibility index (Phi) is 7.28. The molecular formula is C19H29N3O2. The van der Waals surface area contributed by atoms with E-state index in [1.165, 1.54) is 0 Å². The quantitative estimate of drug-likeness (QED) is 0.583. The van der Waals surface area contributed by atoms with Crippen LogP contribution in [-0.2, 0) is 6.42 Å². The maximum absolute atomic E-state index is 12.3. The zero-order valence-electron chi connectivity index (χ0n) is 14.9. The van der Waals surface area contributed by atoms with Gasteiger partial charge in [-0.3, -0.25) is 4.79 Å². The molecule has 1 aliphatic rings. The van der Waals surface area contributed by atoms with Crippen molar-refractivity contribution in [3.05, 3.63) is 42.0 Å². The maximum atomic E-state index is 12.3. The van der Waals surface area contributed by atoms with Crippen molar-refractivity contribution < 1.29 is 9.53 Å². The van der Waals surface area contributed by atoms with Crippen LogP contribution in [0.4, 0.5) is 0 Å². The highest BCUT2D eigenvalue weighted by molar-refractivity contribution is 5.94. The van der Waals surface area contributed by atoms with Crippen LogP contribution in [0.1, 0.15) is 22.3 Å². The van der Waals surface area contributed by atoms with Crippen molar-refractivity contribution in [1.29, 1.82) is 0 Å². The lowest BCUT2D eigenvalue weighted by Gasteiger charge is -2.32. The highest BCUT2D eigenvalue weighted by Gasteiger charge is 2.13. The van der Waals surface area contributed by atoms with Crippen molar-refractivity contribution in [2.75, 3.05) is 53.4 Å². The largest absolute Gasteiger partial charge is 0.496 e. The molecule has 0 spiro atoms. The number of piperazine rings is 1. The van der Waals surface area contributed by atoms with Crippen molar-refractivity contribution in [1.82, 2.24) is 15.1 Å². The summed E-state index contributed by atoms with van der Waals surface area (Å²) in [6, 6.07) is 5.54. The van der Waals surface area contributed by atoms with E-state index in [4.69, 9.17) is 4.74 Å². The smallest absolute Gasteiger partial charge is 0.251 e. The van der Waals surface area contributed by atoms with Gasteiger partial charge in [-0.15, -0.1) is 6.58 Å². The molecule has 5 heteroatoms. The molecule has 0 bridgehead atoms. The number of hydrogen-bond donors (Lipinski definition) is 1. The minimum atomic E-state index is -0.0265. The lowest BCUT2D eigenvalue weighted by molar-refractivity contribution is 0.0949. The van der Waals surface area contributed by atoms with Crippen LogP contribution in [0.2, 0.25) is 0 Å². The minimum absolute atomic E-state index is 0.0265. The van der Waals surface area contributed by atoms with E-state index >= 15 is 0 Å². The first-order valence-electron chi connectivity index (χ1n) is 8.61. The second-order valence-corrected chi connectivity index (χ2v) is 6.27. The summed E-state index contributed by atoms with van der Waals surface area (Å²) in [7, 11) is 3.80. The number of nitrogens with one attached hydrogen (secondary N) is 1. The standard InChI is InChI=1S/C19H29N3O2/c1-4-6-16-15-17(7-8-18(16)24-3)19(23)20-9-5-10-22-13-11-21(2)12-14-22/h4,7-8,15H,1,5-6,9-14H2,2-3H3,(H,20,23). The predicted molar refractivity (Wildman–Crippen MR) is 97.8 cm³/mol. The van der Waals surface area contributed by atoms with Crippen LogP contribution in [-0.4, -0.2) is 69.1 Å². The van der Waals surface area contributed by atoms with Gasteiger partial charge in [0.15, 0.2) is 0 Å². The molecule has 1 aromatic carbocycles. The van der Waals surface area contributed by atoms with Crippen molar-refractivity contribution in [2.24, 2.45) is 0 Å². The highest BCUT2D eigenvalue weighted by atomic mass is 16.5. The number of likely N-dealkylation sites (N-methyl/N-ethyl adjacent to an activating group) is 1. The normalized spacial score (nSPS) is 15.9. The van der Waals surface area contributed by atoms with Gasteiger partial charge in [0.2, 0.25) is 0 Å². The second kappa shape index (κ2) is 9.45. The Bertz CT molecular complexity index is 552. The van der Waals surface area contributed by atoms with Gasteiger partial charge in [-0.05, 0) is 50.2 Å². The van der Waals surface area contributed by atoms with Crippen LogP contribution in [0.5, 0.6) is 5.75 Å².